The molecule has 20 heavy (non-hydrogen) atoms. The molecule has 5 nitrogen and oxygen atoms in total. The number of alkyl halides is 2. The number of nitrogens with zero attached hydrogens (tertiary/aromatic N) is 2. The molecule has 1 unspecified atom stereocenters. The first-order valence-corrected chi connectivity index (χ1v) is 6.64. The number of nitrogens with one attached hydrogen (secondary N) is 1. The number of amides is 1. The molecule has 1 rings (SSSR count). The van der Waals surface area contributed by atoms with Gasteiger partial charge in [0.1, 0.15) is 0 Å². The van der Waals surface area contributed by atoms with E-state index in [9.17, 15) is 18.7 Å². The molecule has 0 fully saturated rings. The monoisotopic (exact) mass is 289 g/mol. The number of hydrogen-bond acceptors (Lipinski definition) is 3. The molecule has 1 aromatic rings. The van der Waals surface area contributed by atoms with Crippen molar-refractivity contribution in [3.05, 3.63) is 17.0 Å². The van der Waals surface area contributed by atoms with Gasteiger partial charge in [-0.25, -0.2) is 4.68 Å². The van der Waals surface area contributed by atoms with E-state index in [1.54, 1.807) is 6.92 Å². The number of aliphatic hydroxyl groups is 1. The van der Waals surface area contributed by atoms with E-state index in [-0.39, 0.29) is 12.3 Å². The van der Waals surface area contributed by atoms with Crippen LogP contribution in [0, 0.1) is 13.8 Å². The number of hydrogen-bond donors (Lipinski definition) is 2. The summed E-state index contributed by atoms with van der Waals surface area (Å²) in [4.78, 5) is 11.7. The molecule has 114 valence electrons. The van der Waals surface area contributed by atoms with E-state index in [2.05, 4.69) is 10.4 Å². The van der Waals surface area contributed by atoms with Crippen LogP contribution in [0.4, 0.5) is 8.78 Å². The second-order valence-corrected chi connectivity index (χ2v) is 4.75. The summed E-state index contributed by atoms with van der Waals surface area (Å²) in [5.74, 6) is -0.256. The summed E-state index contributed by atoms with van der Waals surface area (Å²) in [6, 6.07) is 0. The van der Waals surface area contributed by atoms with Gasteiger partial charge in [-0.1, -0.05) is 6.92 Å². The number of aromatic nitrogens is 2. The molecule has 7 heteroatoms. The van der Waals surface area contributed by atoms with Gasteiger partial charge in [0.2, 0.25) is 5.91 Å². The number of rotatable bonds is 7. The fourth-order valence-electron chi connectivity index (χ4n) is 1.95. The molecule has 0 aliphatic rings. The quantitative estimate of drug-likeness (QED) is 0.803. The molecule has 0 saturated heterocycles. The molecule has 1 heterocycles. The summed E-state index contributed by atoms with van der Waals surface area (Å²) in [5, 5.41) is 15.8. The fraction of sp³-hybridized carbons (Fsp3) is 0.692. The van der Waals surface area contributed by atoms with Crippen molar-refractivity contribution in [3.8, 4) is 0 Å². The van der Waals surface area contributed by atoms with Crippen LogP contribution in [-0.2, 0) is 11.2 Å². The second kappa shape index (κ2) is 7.33. The fourth-order valence-corrected chi connectivity index (χ4v) is 1.95. The van der Waals surface area contributed by atoms with Crippen molar-refractivity contribution in [1.29, 1.82) is 0 Å². The number of carbonyl (C=O) groups excluding carboxylic acids is 1. The largest absolute Gasteiger partial charge is 0.393 e. The van der Waals surface area contributed by atoms with Gasteiger partial charge in [-0.15, -0.1) is 0 Å². The Labute approximate surface area is 117 Å². The van der Waals surface area contributed by atoms with Crippen LogP contribution in [0.5, 0.6) is 0 Å². The maximum Gasteiger partial charge on any atom is 0.333 e. The number of halogens is 2. The zero-order valence-electron chi connectivity index (χ0n) is 12.0. The summed E-state index contributed by atoms with van der Waals surface area (Å²) in [5.41, 5.74) is 1.27. The summed E-state index contributed by atoms with van der Waals surface area (Å²) < 4.78 is 25.9. The van der Waals surface area contributed by atoms with Crippen LogP contribution in [0.3, 0.4) is 0 Å². The lowest BCUT2D eigenvalue weighted by atomic mass is 10.1. The van der Waals surface area contributed by atoms with E-state index >= 15 is 0 Å². The predicted octanol–water partition coefficient (Wildman–Crippen LogP) is 1.71. The summed E-state index contributed by atoms with van der Waals surface area (Å²) in [6.45, 7) is 2.66. The van der Waals surface area contributed by atoms with Gasteiger partial charge < -0.3 is 10.4 Å². The van der Waals surface area contributed by atoms with Crippen molar-refractivity contribution in [1.82, 2.24) is 15.1 Å². The van der Waals surface area contributed by atoms with E-state index in [0.29, 0.717) is 41.0 Å². The molecule has 0 spiro atoms. The number of aryl methyl sites for hydroxylation is 1. The maximum absolute atomic E-state index is 12.7. The first-order chi connectivity index (χ1) is 9.36. The topological polar surface area (TPSA) is 67.2 Å². The van der Waals surface area contributed by atoms with Crippen LogP contribution in [0.15, 0.2) is 0 Å². The van der Waals surface area contributed by atoms with Gasteiger partial charge in [0.25, 0.3) is 0 Å². The molecule has 1 aromatic heterocycles. The van der Waals surface area contributed by atoms with E-state index in [1.165, 1.54) is 6.92 Å². The first-order valence-electron chi connectivity index (χ1n) is 6.64. The molecular formula is C13H21F2N3O2. The highest BCUT2D eigenvalue weighted by Crippen LogP contribution is 2.19. The zero-order valence-corrected chi connectivity index (χ0v) is 12.0. The lowest BCUT2D eigenvalue weighted by molar-refractivity contribution is -0.120. The molecule has 0 aliphatic heterocycles. The van der Waals surface area contributed by atoms with Crippen molar-refractivity contribution in [3.63, 3.8) is 0 Å². The molecule has 0 saturated carbocycles. The average molecular weight is 289 g/mol. The highest BCUT2D eigenvalue weighted by Gasteiger charge is 2.19. The Morgan fingerprint density at radius 1 is 1.45 bits per heavy atom. The summed E-state index contributed by atoms with van der Waals surface area (Å²) >= 11 is 0. The van der Waals surface area contributed by atoms with Gasteiger partial charge in [-0.3, -0.25) is 4.79 Å². The van der Waals surface area contributed by atoms with E-state index in [0.717, 1.165) is 0 Å². The molecule has 1 atom stereocenters. The molecular weight excluding hydrogens is 268 g/mol. The highest BCUT2D eigenvalue weighted by atomic mass is 19.3. The van der Waals surface area contributed by atoms with Gasteiger partial charge in [0.15, 0.2) is 0 Å². The minimum absolute atomic E-state index is 0.0204. The molecule has 0 bridgehead atoms. The van der Waals surface area contributed by atoms with Crippen LogP contribution >= 0.6 is 0 Å². The molecule has 0 radical (unpaired) electrons. The SMILES string of the molecule is CCC(O)CCNC(=O)Cc1c(C)nn(C(F)F)c1C. The maximum atomic E-state index is 12.7. The summed E-state index contributed by atoms with van der Waals surface area (Å²) in [7, 11) is 0. The van der Waals surface area contributed by atoms with Crippen molar-refractivity contribution in [2.45, 2.75) is 52.7 Å². The van der Waals surface area contributed by atoms with Crippen molar-refractivity contribution in [2.75, 3.05) is 6.54 Å². The Morgan fingerprint density at radius 3 is 2.60 bits per heavy atom. The van der Waals surface area contributed by atoms with Gasteiger partial charge in [-0.05, 0) is 26.7 Å². The third-order valence-electron chi connectivity index (χ3n) is 3.27. The molecule has 2 N–H and O–H groups in total. The van der Waals surface area contributed by atoms with Crippen LogP contribution < -0.4 is 5.32 Å². The lowest BCUT2D eigenvalue weighted by Crippen LogP contribution is -2.28. The van der Waals surface area contributed by atoms with Gasteiger partial charge in [-0.2, -0.15) is 13.9 Å². The standard InChI is InChI=1S/C13H21F2N3O2/c1-4-10(19)5-6-16-12(20)7-11-8(2)17-18(9(11)3)13(14)15/h10,13,19H,4-7H2,1-3H3,(H,16,20). The van der Waals surface area contributed by atoms with Gasteiger partial charge in [0.05, 0.1) is 18.2 Å². The van der Waals surface area contributed by atoms with Crippen LogP contribution in [0.1, 0.15) is 43.3 Å². The molecule has 0 aliphatic carbocycles. The van der Waals surface area contributed by atoms with Crippen LogP contribution in [-0.4, -0.2) is 33.4 Å². The van der Waals surface area contributed by atoms with E-state index in [4.69, 9.17) is 0 Å². The van der Waals surface area contributed by atoms with Crippen molar-refractivity contribution < 1.29 is 18.7 Å². The third-order valence-corrected chi connectivity index (χ3v) is 3.27. The van der Waals surface area contributed by atoms with Crippen LogP contribution in [0.2, 0.25) is 0 Å². The minimum Gasteiger partial charge on any atom is -0.393 e. The van der Waals surface area contributed by atoms with Gasteiger partial charge in [0, 0.05) is 17.8 Å². The number of aliphatic hydroxyl groups excluding tert-OH is 1. The van der Waals surface area contributed by atoms with Crippen molar-refractivity contribution >= 4 is 5.91 Å². The van der Waals surface area contributed by atoms with Crippen molar-refractivity contribution in [2.24, 2.45) is 0 Å². The third kappa shape index (κ3) is 4.26. The first kappa shape index (κ1) is 16.6. The Bertz CT molecular complexity index is 461. The lowest BCUT2D eigenvalue weighted by Gasteiger charge is -2.09. The second-order valence-electron chi connectivity index (χ2n) is 4.75. The summed E-state index contributed by atoms with van der Waals surface area (Å²) in [6.07, 6.45) is 0.707. The Morgan fingerprint density at radius 2 is 2.10 bits per heavy atom. The van der Waals surface area contributed by atoms with E-state index in [1.807, 2.05) is 6.92 Å². The van der Waals surface area contributed by atoms with Gasteiger partial charge >= 0.3 is 6.55 Å². The minimum atomic E-state index is -2.70. The van der Waals surface area contributed by atoms with E-state index < -0.39 is 12.7 Å². The molecule has 1 amide bonds. The normalized spacial score (nSPS) is 12.8. The molecule has 0 aromatic carbocycles. The number of carbonyl (C=O) groups is 1. The smallest absolute Gasteiger partial charge is 0.333 e. The highest BCUT2D eigenvalue weighted by molar-refractivity contribution is 5.79. The van der Waals surface area contributed by atoms with Crippen LogP contribution in [0.25, 0.3) is 0 Å². The zero-order chi connectivity index (χ0) is 15.3. The average Bonchev–Trinajstić information content (AvgIpc) is 2.66. The Balaban J connectivity index is 2.58. The predicted molar refractivity (Wildman–Crippen MR) is 70.6 cm³/mol. The Kier molecular flexibility index (Phi) is 6.06. The Hall–Kier alpha value is -1.50.